The normalized spacial score (nSPS) is 10.2. The highest BCUT2D eigenvalue weighted by molar-refractivity contribution is 5.93. The largest absolute Gasteiger partial charge is 0.483 e. The highest BCUT2D eigenvalue weighted by atomic mass is 16.5. The standard InChI is InChI=1S/C16H18N2O3/c1-11-13(17)6-4-7-14(11)18-16(20)10-21-15-8-3-2-5-12(15)9-19/h2-8,19H,9-10,17H2,1H3,(H,18,20). The number of nitrogen functional groups attached to an aromatic ring is 1. The van der Waals surface area contributed by atoms with E-state index in [1.54, 1.807) is 42.5 Å². The van der Waals surface area contributed by atoms with E-state index < -0.39 is 0 Å². The third-order valence-electron chi connectivity index (χ3n) is 3.15. The first-order valence-corrected chi connectivity index (χ1v) is 6.58. The molecule has 2 aromatic rings. The lowest BCUT2D eigenvalue weighted by Gasteiger charge is -2.12. The second-order valence-corrected chi connectivity index (χ2v) is 4.62. The number of nitrogens with one attached hydrogen (secondary N) is 1. The van der Waals surface area contributed by atoms with Gasteiger partial charge in [0.15, 0.2) is 6.61 Å². The topological polar surface area (TPSA) is 84.6 Å². The Kier molecular flexibility index (Phi) is 4.79. The summed E-state index contributed by atoms with van der Waals surface area (Å²) in [5.41, 5.74) is 8.54. The summed E-state index contributed by atoms with van der Waals surface area (Å²) in [6.45, 7) is 1.57. The molecular weight excluding hydrogens is 268 g/mol. The molecule has 0 aliphatic heterocycles. The Morgan fingerprint density at radius 3 is 2.76 bits per heavy atom. The summed E-state index contributed by atoms with van der Waals surface area (Å²) in [6.07, 6.45) is 0. The van der Waals surface area contributed by atoms with Crippen molar-refractivity contribution in [2.45, 2.75) is 13.5 Å². The third kappa shape index (κ3) is 3.73. The van der Waals surface area contributed by atoms with Gasteiger partial charge in [-0.2, -0.15) is 0 Å². The molecule has 2 aromatic carbocycles. The molecule has 0 unspecified atom stereocenters. The zero-order valence-corrected chi connectivity index (χ0v) is 11.8. The molecule has 0 spiro atoms. The molecule has 0 fully saturated rings. The van der Waals surface area contributed by atoms with Crippen LogP contribution in [0.3, 0.4) is 0 Å². The van der Waals surface area contributed by atoms with Crippen LogP contribution in [0, 0.1) is 6.92 Å². The summed E-state index contributed by atoms with van der Waals surface area (Å²) < 4.78 is 5.43. The van der Waals surface area contributed by atoms with Gasteiger partial charge in [0.1, 0.15) is 5.75 Å². The van der Waals surface area contributed by atoms with Crippen molar-refractivity contribution in [2.24, 2.45) is 0 Å². The summed E-state index contributed by atoms with van der Waals surface area (Å²) in [6, 6.07) is 12.4. The number of anilines is 2. The van der Waals surface area contributed by atoms with Crippen molar-refractivity contribution in [2.75, 3.05) is 17.7 Å². The molecule has 5 heteroatoms. The highest BCUT2D eigenvalue weighted by Gasteiger charge is 2.08. The number of aliphatic hydroxyl groups excluding tert-OH is 1. The van der Waals surface area contributed by atoms with E-state index in [0.717, 1.165) is 5.56 Å². The molecule has 0 saturated heterocycles. The maximum Gasteiger partial charge on any atom is 0.262 e. The van der Waals surface area contributed by atoms with Crippen LogP contribution in [-0.2, 0) is 11.4 Å². The van der Waals surface area contributed by atoms with Crippen molar-refractivity contribution in [1.29, 1.82) is 0 Å². The maximum absolute atomic E-state index is 11.9. The molecule has 21 heavy (non-hydrogen) atoms. The number of nitrogens with two attached hydrogens (primary N) is 1. The van der Waals surface area contributed by atoms with Gasteiger partial charge in [-0.05, 0) is 30.7 Å². The van der Waals surface area contributed by atoms with Gasteiger partial charge in [-0.15, -0.1) is 0 Å². The highest BCUT2D eigenvalue weighted by Crippen LogP contribution is 2.21. The first-order valence-electron chi connectivity index (χ1n) is 6.58. The minimum atomic E-state index is -0.281. The van der Waals surface area contributed by atoms with Crippen molar-refractivity contribution in [3.63, 3.8) is 0 Å². The lowest BCUT2D eigenvalue weighted by molar-refractivity contribution is -0.118. The van der Waals surface area contributed by atoms with Crippen molar-refractivity contribution >= 4 is 17.3 Å². The van der Waals surface area contributed by atoms with E-state index in [4.69, 9.17) is 10.5 Å². The molecule has 110 valence electrons. The molecule has 0 aromatic heterocycles. The van der Waals surface area contributed by atoms with E-state index in [2.05, 4.69) is 5.32 Å². The van der Waals surface area contributed by atoms with Crippen LogP contribution in [0.2, 0.25) is 0 Å². The number of hydrogen-bond acceptors (Lipinski definition) is 4. The number of para-hydroxylation sites is 1. The summed E-state index contributed by atoms with van der Waals surface area (Å²) >= 11 is 0. The second kappa shape index (κ2) is 6.76. The number of aliphatic hydroxyl groups is 1. The summed E-state index contributed by atoms with van der Waals surface area (Å²) in [4.78, 5) is 11.9. The fourth-order valence-electron chi connectivity index (χ4n) is 1.89. The van der Waals surface area contributed by atoms with E-state index in [1.165, 1.54) is 0 Å². The summed E-state index contributed by atoms with van der Waals surface area (Å²) in [5.74, 6) is 0.218. The molecule has 4 N–H and O–H groups in total. The zero-order valence-electron chi connectivity index (χ0n) is 11.8. The van der Waals surface area contributed by atoms with Gasteiger partial charge in [-0.25, -0.2) is 0 Å². The third-order valence-corrected chi connectivity index (χ3v) is 3.15. The van der Waals surface area contributed by atoms with Gasteiger partial charge in [-0.3, -0.25) is 4.79 Å². The smallest absolute Gasteiger partial charge is 0.262 e. The lowest BCUT2D eigenvalue weighted by Crippen LogP contribution is -2.21. The number of benzene rings is 2. The van der Waals surface area contributed by atoms with E-state index in [9.17, 15) is 9.90 Å². The first kappa shape index (κ1) is 14.9. The average Bonchev–Trinajstić information content (AvgIpc) is 2.50. The number of ether oxygens (including phenoxy) is 1. The quantitative estimate of drug-likeness (QED) is 0.735. The molecular formula is C16H18N2O3. The number of carbonyl (C=O) groups excluding carboxylic acids is 1. The van der Waals surface area contributed by atoms with Crippen LogP contribution >= 0.6 is 0 Å². The van der Waals surface area contributed by atoms with Crippen LogP contribution in [0.25, 0.3) is 0 Å². The van der Waals surface area contributed by atoms with Gasteiger partial charge in [-0.1, -0.05) is 24.3 Å². The van der Waals surface area contributed by atoms with Gasteiger partial charge in [0, 0.05) is 16.9 Å². The number of carbonyl (C=O) groups is 1. The molecule has 0 aliphatic rings. The maximum atomic E-state index is 11.9. The zero-order chi connectivity index (χ0) is 15.2. The molecule has 0 bridgehead atoms. The molecule has 0 aliphatic carbocycles. The van der Waals surface area contributed by atoms with Crippen molar-refractivity contribution in [3.05, 3.63) is 53.6 Å². The lowest BCUT2D eigenvalue weighted by atomic mass is 10.1. The minimum Gasteiger partial charge on any atom is -0.483 e. The predicted octanol–water partition coefficient (Wildman–Crippen LogP) is 2.09. The predicted molar refractivity (Wildman–Crippen MR) is 82.1 cm³/mol. The number of amides is 1. The van der Waals surface area contributed by atoms with Gasteiger partial charge in [0.05, 0.1) is 6.61 Å². The van der Waals surface area contributed by atoms with Crippen LogP contribution in [-0.4, -0.2) is 17.6 Å². The van der Waals surface area contributed by atoms with E-state index in [1.807, 2.05) is 6.92 Å². The first-order chi connectivity index (χ1) is 10.1. The van der Waals surface area contributed by atoms with E-state index in [0.29, 0.717) is 22.7 Å². The molecule has 2 rings (SSSR count). The summed E-state index contributed by atoms with van der Waals surface area (Å²) in [5, 5.41) is 11.9. The Hall–Kier alpha value is -2.53. The molecule has 0 heterocycles. The van der Waals surface area contributed by atoms with Gasteiger partial charge >= 0.3 is 0 Å². The SMILES string of the molecule is Cc1c(N)cccc1NC(=O)COc1ccccc1CO. The molecule has 0 atom stereocenters. The van der Waals surface area contributed by atoms with Gasteiger partial charge in [0.25, 0.3) is 5.91 Å². The van der Waals surface area contributed by atoms with Crippen LogP contribution < -0.4 is 15.8 Å². The fourth-order valence-corrected chi connectivity index (χ4v) is 1.89. The minimum absolute atomic E-state index is 0.133. The molecule has 1 amide bonds. The van der Waals surface area contributed by atoms with E-state index in [-0.39, 0.29) is 19.1 Å². The molecule has 5 nitrogen and oxygen atoms in total. The second-order valence-electron chi connectivity index (χ2n) is 4.62. The van der Waals surface area contributed by atoms with Crippen molar-refractivity contribution in [1.82, 2.24) is 0 Å². The summed E-state index contributed by atoms with van der Waals surface area (Å²) in [7, 11) is 0. The Bertz CT molecular complexity index is 641. The van der Waals surface area contributed by atoms with Crippen LogP contribution in [0.4, 0.5) is 11.4 Å². The van der Waals surface area contributed by atoms with Crippen LogP contribution in [0.1, 0.15) is 11.1 Å². The Morgan fingerprint density at radius 1 is 1.24 bits per heavy atom. The Balaban J connectivity index is 1.98. The van der Waals surface area contributed by atoms with Crippen molar-refractivity contribution < 1.29 is 14.6 Å². The number of hydrogen-bond donors (Lipinski definition) is 3. The molecule has 0 saturated carbocycles. The Morgan fingerprint density at radius 2 is 2.00 bits per heavy atom. The monoisotopic (exact) mass is 286 g/mol. The van der Waals surface area contributed by atoms with Gasteiger partial charge < -0.3 is 20.9 Å². The average molecular weight is 286 g/mol. The molecule has 0 radical (unpaired) electrons. The number of rotatable bonds is 5. The van der Waals surface area contributed by atoms with Crippen molar-refractivity contribution in [3.8, 4) is 5.75 Å². The van der Waals surface area contributed by atoms with Crippen LogP contribution in [0.5, 0.6) is 5.75 Å². The fraction of sp³-hybridized carbons (Fsp3) is 0.188. The van der Waals surface area contributed by atoms with E-state index >= 15 is 0 Å². The van der Waals surface area contributed by atoms with Crippen LogP contribution in [0.15, 0.2) is 42.5 Å². The van der Waals surface area contributed by atoms with Gasteiger partial charge in [0.2, 0.25) is 0 Å². The Labute approximate surface area is 123 Å².